The molecule has 0 saturated heterocycles. The molecule has 3 rings (SSSR count). The van der Waals surface area contributed by atoms with Crippen molar-refractivity contribution in [1.29, 1.82) is 0 Å². The summed E-state index contributed by atoms with van der Waals surface area (Å²) in [5.41, 5.74) is 0. The van der Waals surface area contributed by atoms with Crippen molar-refractivity contribution >= 4 is 15.8 Å². The molecule has 0 N–H and O–H groups in total. The van der Waals surface area contributed by atoms with Gasteiger partial charge >= 0.3 is 0 Å². The van der Waals surface area contributed by atoms with Gasteiger partial charge in [-0.3, -0.25) is 0 Å². The second kappa shape index (κ2) is 6.20. The van der Waals surface area contributed by atoms with E-state index in [1.54, 1.807) is 48.7 Å². The zero-order valence-electron chi connectivity index (χ0n) is 13.2. The zero-order chi connectivity index (χ0) is 16.4. The maximum Gasteiger partial charge on any atom is 0.265 e. The van der Waals surface area contributed by atoms with Crippen LogP contribution >= 0.6 is 0 Å². The first-order valence-corrected chi connectivity index (χ1v) is 9.14. The summed E-state index contributed by atoms with van der Waals surface area (Å²) < 4.78 is 33.0. The maximum atomic E-state index is 13.0. The third-order valence-corrected chi connectivity index (χ3v) is 5.38. The Kier molecular flexibility index (Phi) is 4.26. The van der Waals surface area contributed by atoms with Crippen LogP contribution in [0, 0.1) is 0 Å². The van der Waals surface area contributed by atoms with E-state index in [0.717, 1.165) is 12.8 Å². The van der Waals surface area contributed by atoms with Gasteiger partial charge in [0.25, 0.3) is 10.0 Å². The van der Waals surface area contributed by atoms with Gasteiger partial charge in [-0.25, -0.2) is 17.7 Å². The number of hydrogen-bond acceptors (Lipinski definition) is 4. The summed E-state index contributed by atoms with van der Waals surface area (Å²) in [6.07, 6.45) is 3.39. The lowest BCUT2D eigenvalue weighted by atomic mass is 10.3. The highest BCUT2D eigenvalue weighted by molar-refractivity contribution is 7.92. The second-order valence-electron chi connectivity index (χ2n) is 5.86. The van der Waals surface area contributed by atoms with Crippen LogP contribution < -0.4 is 9.04 Å². The molecule has 0 bridgehead atoms. The molecular weight excluding hydrogens is 312 g/mol. The van der Waals surface area contributed by atoms with Gasteiger partial charge in [-0.15, -0.1) is 0 Å². The monoisotopic (exact) mass is 332 g/mol. The molecule has 1 aliphatic rings. The Morgan fingerprint density at radius 1 is 1.13 bits per heavy atom. The van der Waals surface area contributed by atoms with E-state index in [0.29, 0.717) is 11.6 Å². The van der Waals surface area contributed by atoms with E-state index in [9.17, 15) is 8.42 Å². The number of anilines is 1. The first-order chi connectivity index (χ1) is 11.0. The Morgan fingerprint density at radius 3 is 2.35 bits per heavy atom. The summed E-state index contributed by atoms with van der Waals surface area (Å²) in [4.78, 5) is 4.47. The van der Waals surface area contributed by atoms with Gasteiger partial charge < -0.3 is 4.74 Å². The molecule has 6 heteroatoms. The Hall–Kier alpha value is -2.08. The van der Waals surface area contributed by atoms with Crippen LogP contribution in [0.4, 0.5) is 5.82 Å². The van der Waals surface area contributed by atoms with Crippen molar-refractivity contribution in [2.75, 3.05) is 4.31 Å². The molecule has 0 aliphatic heterocycles. The van der Waals surface area contributed by atoms with E-state index in [4.69, 9.17) is 4.74 Å². The number of benzene rings is 1. The van der Waals surface area contributed by atoms with Crippen LogP contribution in [0.2, 0.25) is 0 Å². The fourth-order valence-electron chi connectivity index (χ4n) is 2.38. The fraction of sp³-hybridized carbons (Fsp3) is 0.353. The topological polar surface area (TPSA) is 59.5 Å². The Labute approximate surface area is 137 Å². The van der Waals surface area contributed by atoms with Gasteiger partial charge in [-0.05, 0) is 63.1 Å². The van der Waals surface area contributed by atoms with Gasteiger partial charge in [-0.1, -0.05) is 6.07 Å². The predicted molar refractivity (Wildman–Crippen MR) is 89.1 cm³/mol. The van der Waals surface area contributed by atoms with Gasteiger partial charge in [0.05, 0.1) is 11.0 Å². The highest BCUT2D eigenvalue weighted by Crippen LogP contribution is 2.35. The molecule has 23 heavy (non-hydrogen) atoms. The highest BCUT2D eigenvalue weighted by atomic mass is 32.2. The Bertz CT molecular complexity index is 754. The quantitative estimate of drug-likeness (QED) is 0.815. The lowest BCUT2D eigenvalue weighted by molar-refractivity contribution is 0.242. The van der Waals surface area contributed by atoms with Gasteiger partial charge in [0, 0.05) is 12.2 Å². The fourth-order valence-corrected chi connectivity index (χ4v) is 4.04. The van der Waals surface area contributed by atoms with Crippen molar-refractivity contribution in [3.8, 4) is 5.75 Å². The lowest BCUT2D eigenvalue weighted by Crippen LogP contribution is -2.33. The first kappa shape index (κ1) is 15.8. The normalized spacial score (nSPS) is 14.7. The van der Waals surface area contributed by atoms with E-state index in [2.05, 4.69) is 4.98 Å². The van der Waals surface area contributed by atoms with E-state index in [1.165, 1.54) is 4.31 Å². The summed E-state index contributed by atoms with van der Waals surface area (Å²) in [5, 5.41) is 0. The molecule has 0 amide bonds. The molecule has 122 valence electrons. The summed E-state index contributed by atoms with van der Waals surface area (Å²) in [5.74, 6) is 1.13. The molecule has 1 heterocycles. The molecule has 5 nitrogen and oxygen atoms in total. The number of rotatable bonds is 6. The van der Waals surface area contributed by atoms with Crippen LogP contribution in [0.5, 0.6) is 5.75 Å². The van der Waals surface area contributed by atoms with E-state index in [1.807, 2.05) is 13.8 Å². The second-order valence-corrected chi connectivity index (χ2v) is 7.67. The van der Waals surface area contributed by atoms with Gasteiger partial charge in [0.1, 0.15) is 11.6 Å². The number of ether oxygens (including phenoxy) is 1. The van der Waals surface area contributed by atoms with E-state index >= 15 is 0 Å². The van der Waals surface area contributed by atoms with Crippen molar-refractivity contribution in [3.63, 3.8) is 0 Å². The number of pyridine rings is 1. The molecule has 0 unspecified atom stereocenters. The molecule has 1 saturated carbocycles. The zero-order valence-corrected chi connectivity index (χ0v) is 14.0. The van der Waals surface area contributed by atoms with Gasteiger partial charge in [0.15, 0.2) is 0 Å². The molecule has 2 aromatic rings. The number of hydrogen-bond donors (Lipinski definition) is 0. The van der Waals surface area contributed by atoms with Crippen LogP contribution in [0.25, 0.3) is 0 Å². The minimum absolute atomic E-state index is 0.00138. The Morgan fingerprint density at radius 2 is 1.83 bits per heavy atom. The average molecular weight is 332 g/mol. The predicted octanol–water partition coefficient (Wildman–Crippen LogP) is 3.23. The van der Waals surface area contributed by atoms with Crippen LogP contribution in [0.1, 0.15) is 26.7 Å². The third-order valence-electron chi connectivity index (χ3n) is 3.51. The van der Waals surface area contributed by atoms with E-state index in [-0.39, 0.29) is 17.0 Å². The summed E-state index contributed by atoms with van der Waals surface area (Å²) in [6.45, 7) is 3.86. The van der Waals surface area contributed by atoms with Gasteiger partial charge in [-0.2, -0.15) is 0 Å². The number of aromatic nitrogens is 1. The molecule has 1 aromatic heterocycles. The largest absolute Gasteiger partial charge is 0.491 e. The molecule has 0 spiro atoms. The van der Waals surface area contributed by atoms with Crippen molar-refractivity contribution in [3.05, 3.63) is 48.7 Å². The van der Waals surface area contributed by atoms with Crippen molar-refractivity contribution in [2.45, 2.75) is 43.7 Å². The van der Waals surface area contributed by atoms with Crippen LogP contribution in [-0.4, -0.2) is 25.5 Å². The smallest absolute Gasteiger partial charge is 0.265 e. The van der Waals surface area contributed by atoms with Crippen LogP contribution in [0.15, 0.2) is 53.6 Å². The molecule has 1 aliphatic carbocycles. The minimum Gasteiger partial charge on any atom is -0.491 e. The average Bonchev–Trinajstić information content (AvgIpc) is 3.33. The van der Waals surface area contributed by atoms with Crippen molar-refractivity contribution in [1.82, 2.24) is 4.98 Å². The van der Waals surface area contributed by atoms with Gasteiger partial charge in [0.2, 0.25) is 0 Å². The molecule has 1 aromatic carbocycles. The summed E-state index contributed by atoms with van der Waals surface area (Å²) >= 11 is 0. The van der Waals surface area contributed by atoms with Crippen molar-refractivity contribution in [2.24, 2.45) is 0 Å². The van der Waals surface area contributed by atoms with Crippen molar-refractivity contribution < 1.29 is 13.2 Å². The highest BCUT2D eigenvalue weighted by Gasteiger charge is 2.39. The lowest BCUT2D eigenvalue weighted by Gasteiger charge is -2.23. The number of sulfonamides is 1. The molecule has 0 radical (unpaired) electrons. The van der Waals surface area contributed by atoms with Crippen LogP contribution in [-0.2, 0) is 10.0 Å². The SMILES string of the molecule is CC(C)Oc1ccc(S(=O)(=O)N(c2ccccn2)C2CC2)cc1. The van der Waals surface area contributed by atoms with Crippen LogP contribution in [0.3, 0.4) is 0 Å². The molecule has 1 fully saturated rings. The molecule has 0 atom stereocenters. The summed E-state index contributed by atoms with van der Waals surface area (Å²) in [6, 6.07) is 11.9. The maximum absolute atomic E-state index is 13.0. The first-order valence-electron chi connectivity index (χ1n) is 7.70. The van der Waals surface area contributed by atoms with E-state index < -0.39 is 10.0 Å². The minimum atomic E-state index is -3.62. The third kappa shape index (κ3) is 3.47. The summed E-state index contributed by atoms with van der Waals surface area (Å²) in [7, 11) is -3.62. The Balaban J connectivity index is 1.93. The molecular formula is C17H20N2O3S. The number of nitrogens with zero attached hydrogens (tertiary/aromatic N) is 2. The standard InChI is InChI=1S/C17H20N2O3S/c1-13(2)22-15-8-10-16(11-9-15)23(20,21)19(14-6-7-14)17-5-3-4-12-18-17/h3-5,8-14H,6-7H2,1-2H3.